The van der Waals surface area contributed by atoms with Gasteiger partial charge in [-0.25, -0.2) is 4.40 Å². The van der Waals surface area contributed by atoms with Crippen LogP contribution in [0.25, 0.3) is 60.5 Å². The molecule has 0 fully saturated rings. The number of hydrogen-bond donors (Lipinski definition) is 0. The average Bonchev–Trinajstić information content (AvgIpc) is 3.40. The van der Waals surface area contributed by atoms with Gasteiger partial charge in [-0.3, -0.25) is 0 Å². The monoisotopic (exact) mass is 386 g/mol. The Balaban J connectivity index is 1.84. The van der Waals surface area contributed by atoms with Gasteiger partial charge in [0.05, 0.1) is 11.6 Å². The fraction of sp³-hybridized carbons (Fsp3) is 0.0370. The van der Waals surface area contributed by atoms with E-state index >= 15 is 0 Å². The summed E-state index contributed by atoms with van der Waals surface area (Å²) >= 11 is 0. The van der Waals surface area contributed by atoms with Crippen LogP contribution in [0.3, 0.4) is 0 Å². The van der Waals surface area contributed by atoms with E-state index in [4.69, 9.17) is 4.42 Å². The Morgan fingerprint density at radius 3 is 2.60 bits per heavy atom. The lowest BCUT2D eigenvalue weighted by molar-refractivity contribution is -0.484. The molecule has 4 heterocycles. The molecule has 0 saturated carbocycles. The molecule has 3 aromatic carbocycles. The zero-order valence-electron chi connectivity index (χ0n) is 16.5. The summed E-state index contributed by atoms with van der Waals surface area (Å²) in [6, 6.07) is 25.6. The van der Waals surface area contributed by atoms with Crippen LogP contribution in [-0.4, -0.2) is 0 Å². The summed E-state index contributed by atoms with van der Waals surface area (Å²) in [6.45, 7) is 6.45. The summed E-state index contributed by atoms with van der Waals surface area (Å²) in [4.78, 5) is 0. The van der Waals surface area contributed by atoms with E-state index in [2.05, 4.69) is 84.8 Å². The van der Waals surface area contributed by atoms with Crippen molar-refractivity contribution in [3.63, 3.8) is 0 Å². The van der Waals surface area contributed by atoms with Gasteiger partial charge in [-0.15, -0.1) is 18.2 Å². The van der Waals surface area contributed by atoms with Gasteiger partial charge in [-0.1, -0.05) is 48.0 Å². The quantitative estimate of drug-likeness (QED) is 0.202. The largest absolute Gasteiger partial charge is 0.348 e. The van der Waals surface area contributed by atoms with E-state index in [0.29, 0.717) is 0 Å². The minimum absolute atomic E-state index is 0.888. The lowest BCUT2D eigenvalue weighted by atomic mass is 10.0. The predicted octanol–water partition coefficient (Wildman–Crippen LogP) is 5.69. The van der Waals surface area contributed by atoms with Crippen LogP contribution in [0.15, 0.2) is 83.4 Å². The molecule has 0 N–H and O–H groups in total. The minimum Gasteiger partial charge on any atom is -0.348 e. The molecule has 3 heteroatoms. The Labute approximate surface area is 172 Å². The number of para-hydroxylation sites is 2. The fourth-order valence-electron chi connectivity index (χ4n) is 5.12. The molecule has 142 valence electrons. The Morgan fingerprint density at radius 1 is 0.867 bits per heavy atom. The molecule has 0 unspecified atom stereocenters. The Hall–Kier alpha value is -3.98. The van der Waals surface area contributed by atoms with Gasteiger partial charge in [-0.05, 0) is 35.4 Å². The predicted molar refractivity (Wildman–Crippen MR) is 120 cm³/mol. The second-order valence-corrected chi connectivity index (χ2v) is 8.02. The molecule has 0 atom stereocenters. The van der Waals surface area contributed by atoms with Gasteiger partial charge in [0.1, 0.15) is 23.4 Å². The van der Waals surface area contributed by atoms with Crippen molar-refractivity contribution in [3.05, 3.63) is 91.3 Å². The highest BCUT2D eigenvalue weighted by Crippen LogP contribution is 2.40. The maximum absolute atomic E-state index is 6.49. The maximum Gasteiger partial charge on any atom is 0.279 e. The van der Waals surface area contributed by atoms with Gasteiger partial charge < -0.3 is 8.66 Å². The third-order valence-corrected chi connectivity index (χ3v) is 6.40. The first kappa shape index (κ1) is 15.9. The van der Waals surface area contributed by atoms with Crippen LogP contribution in [0.4, 0.5) is 0 Å². The number of furan rings is 1. The second-order valence-electron chi connectivity index (χ2n) is 8.02. The molecule has 0 aliphatic rings. The summed E-state index contributed by atoms with van der Waals surface area (Å²) in [5.41, 5.74) is 8.85. The van der Waals surface area contributed by atoms with Crippen LogP contribution in [0.2, 0.25) is 0 Å². The molecular formula is C27H18N2O. The molecular weight excluding hydrogens is 368 g/mol. The number of nitrogens with zero attached hydrogens (tertiary/aromatic N) is 2. The Bertz CT molecular complexity index is 1830. The summed E-state index contributed by atoms with van der Waals surface area (Å²) < 4.78 is 10.8. The number of benzene rings is 3. The molecule has 7 rings (SSSR count). The number of fused-ring (bicyclic) bond motifs is 8. The van der Waals surface area contributed by atoms with E-state index in [-0.39, 0.29) is 0 Å². The zero-order valence-corrected chi connectivity index (χ0v) is 16.5. The van der Waals surface area contributed by atoms with Gasteiger partial charge in [-0.2, -0.15) is 0 Å². The van der Waals surface area contributed by atoms with Crippen molar-refractivity contribution < 1.29 is 13.1 Å². The first-order valence-electron chi connectivity index (χ1n) is 10.1. The smallest absolute Gasteiger partial charge is 0.279 e. The third-order valence-electron chi connectivity index (χ3n) is 6.40. The fourth-order valence-corrected chi connectivity index (χ4v) is 5.12. The van der Waals surface area contributed by atoms with Crippen molar-refractivity contribution in [3.8, 4) is 11.3 Å². The minimum atomic E-state index is 0.888. The Morgan fingerprint density at radius 2 is 1.70 bits per heavy atom. The van der Waals surface area contributed by atoms with E-state index < -0.39 is 0 Å². The molecule has 0 aliphatic carbocycles. The van der Waals surface area contributed by atoms with E-state index in [1.165, 1.54) is 32.9 Å². The van der Waals surface area contributed by atoms with E-state index in [1.807, 2.05) is 16.5 Å². The highest BCUT2D eigenvalue weighted by Gasteiger charge is 2.28. The van der Waals surface area contributed by atoms with Crippen molar-refractivity contribution in [2.24, 2.45) is 0 Å². The lowest BCUT2D eigenvalue weighted by Crippen LogP contribution is -2.20. The van der Waals surface area contributed by atoms with Crippen LogP contribution in [0.5, 0.6) is 0 Å². The van der Waals surface area contributed by atoms with Gasteiger partial charge >= 0.3 is 0 Å². The van der Waals surface area contributed by atoms with Crippen LogP contribution in [0, 0.1) is 13.6 Å². The molecule has 0 bridgehead atoms. The van der Waals surface area contributed by atoms with Crippen molar-refractivity contribution in [1.29, 1.82) is 0 Å². The van der Waals surface area contributed by atoms with Gasteiger partial charge in [0, 0.05) is 5.39 Å². The number of aromatic nitrogens is 2. The summed E-state index contributed by atoms with van der Waals surface area (Å²) in [5.74, 6) is 0. The van der Waals surface area contributed by atoms with E-state index in [1.54, 1.807) is 0 Å². The number of pyridine rings is 1. The van der Waals surface area contributed by atoms with Crippen molar-refractivity contribution in [2.45, 2.75) is 6.92 Å². The Kier molecular flexibility index (Phi) is 2.82. The molecule has 30 heavy (non-hydrogen) atoms. The molecule has 0 amide bonds. The first-order valence-corrected chi connectivity index (χ1v) is 10.1. The van der Waals surface area contributed by atoms with E-state index in [9.17, 15) is 0 Å². The zero-order chi connectivity index (χ0) is 20.0. The maximum atomic E-state index is 6.49. The van der Waals surface area contributed by atoms with Gasteiger partial charge in [0.2, 0.25) is 5.58 Å². The lowest BCUT2D eigenvalue weighted by Gasteiger charge is -2.08. The topological polar surface area (TPSA) is 21.3 Å². The number of hydrogen-bond acceptors (Lipinski definition) is 0. The van der Waals surface area contributed by atoms with Gasteiger partial charge in [0.15, 0.2) is 5.52 Å². The van der Waals surface area contributed by atoms with Crippen LogP contribution in [0.1, 0.15) is 5.56 Å². The molecule has 0 aliphatic heterocycles. The molecule has 7 aromatic rings. The highest BCUT2D eigenvalue weighted by atomic mass is 16.3. The van der Waals surface area contributed by atoms with Crippen LogP contribution < -0.4 is 8.64 Å². The molecule has 4 aromatic heterocycles. The van der Waals surface area contributed by atoms with Gasteiger partial charge in [0.25, 0.3) is 5.58 Å². The standard InChI is InChI=1S/C27H18N2O/c1-16-8-3-4-9-17(16)25-23-22(14-15-28(25)2)30-27-20-12-7-11-19-18-10-5-6-13-21(18)29(24(19)20)26(23)27/h3-15H,2H2,1H3. The van der Waals surface area contributed by atoms with Crippen molar-refractivity contribution >= 4 is 49.3 Å². The summed E-state index contributed by atoms with van der Waals surface area (Å²) in [6.07, 6.45) is 1.98. The highest BCUT2D eigenvalue weighted by molar-refractivity contribution is 6.21. The summed E-state index contributed by atoms with van der Waals surface area (Å²) in [7, 11) is 0. The molecule has 0 saturated heterocycles. The molecule has 0 spiro atoms. The van der Waals surface area contributed by atoms with Crippen LogP contribution in [-0.2, 0) is 0 Å². The van der Waals surface area contributed by atoms with Crippen LogP contribution >= 0.6 is 0 Å². The average molecular weight is 386 g/mol. The first-order chi connectivity index (χ1) is 14.7. The summed E-state index contributed by atoms with van der Waals surface area (Å²) in [5, 5.41) is 4.79. The third kappa shape index (κ3) is 1.76. The van der Waals surface area contributed by atoms with E-state index in [0.717, 1.165) is 33.1 Å². The normalized spacial score (nSPS) is 12.3. The number of aryl methyl sites for hydroxylation is 1. The van der Waals surface area contributed by atoms with Crippen molar-refractivity contribution in [2.75, 3.05) is 0 Å². The molecule has 3 nitrogen and oxygen atoms in total. The SMILES string of the molecule is C=[n+]1cc[c-]2[o+]c3c4cccc5c6cccc[c-]6[n+](c45)c3c2[c-]1-c1ccccc1C. The molecule has 0 radical (unpaired) electrons. The second kappa shape index (κ2) is 5.33. The van der Waals surface area contributed by atoms with Crippen molar-refractivity contribution in [1.82, 2.24) is 0 Å². The number of rotatable bonds is 1.